The topological polar surface area (TPSA) is 93.7 Å². The maximum atomic E-state index is 12.2. The molecule has 9 heteroatoms. The van der Waals surface area contributed by atoms with E-state index in [4.69, 9.17) is 9.47 Å². The third-order valence-corrected chi connectivity index (χ3v) is 5.60. The van der Waals surface area contributed by atoms with Crippen molar-refractivity contribution in [1.82, 2.24) is 10.0 Å². The molecule has 0 bridgehead atoms. The Balaban J connectivity index is 1.84. The van der Waals surface area contributed by atoms with Crippen molar-refractivity contribution in [2.24, 2.45) is 0 Å². The van der Waals surface area contributed by atoms with Gasteiger partial charge in [0.05, 0.1) is 19.1 Å². The molecule has 0 aliphatic rings. The van der Waals surface area contributed by atoms with E-state index >= 15 is 0 Å². The molecular weight excluding hydrogens is 436 g/mol. The summed E-state index contributed by atoms with van der Waals surface area (Å²) in [5.74, 6) is 0.981. The number of carbonyl (C=O) groups excluding carboxylic acids is 1. The molecule has 0 atom stereocenters. The molecule has 0 aliphatic carbocycles. The molecule has 0 saturated carbocycles. The Morgan fingerprint density at radius 3 is 2.33 bits per heavy atom. The molecule has 27 heavy (non-hydrogen) atoms. The minimum atomic E-state index is -3.66. The monoisotopic (exact) mass is 456 g/mol. The maximum Gasteiger partial charge on any atom is 0.240 e. The number of carbonyl (C=O) groups is 1. The standard InChI is InChI=1S/C18H21BrN2O5S/c1-25-15-8-13(9-16(11-15)26-2)12-20-18(22)6-7-21-27(23,24)17-5-3-4-14(19)10-17/h3-5,8-11,21H,6-7,12H2,1-2H3,(H,20,22). The van der Waals surface area contributed by atoms with E-state index in [1.807, 2.05) is 0 Å². The van der Waals surface area contributed by atoms with Crippen LogP contribution in [0.15, 0.2) is 51.8 Å². The van der Waals surface area contributed by atoms with Gasteiger partial charge in [-0.05, 0) is 35.9 Å². The van der Waals surface area contributed by atoms with Crippen LogP contribution in [0.25, 0.3) is 0 Å². The molecule has 2 aromatic rings. The summed E-state index contributed by atoms with van der Waals surface area (Å²) in [6, 6.07) is 11.7. The summed E-state index contributed by atoms with van der Waals surface area (Å²) in [5, 5.41) is 2.74. The predicted molar refractivity (Wildman–Crippen MR) is 105 cm³/mol. The van der Waals surface area contributed by atoms with Crippen LogP contribution in [0.4, 0.5) is 0 Å². The number of sulfonamides is 1. The number of halogens is 1. The number of benzene rings is 2. The first-order chi connectivity index (χ1) is 12.8. The predicted octanol–water partition coefficient (Wildman–Crippen LogP) is 2.45. The summed E-state index contributed by atoms with van der Waals surface area (Å²) in [7, 11) is -0.556. The van der Waals surface area contributed by atoms with Gasteiger partial charge in [-0.2, -0.15) is 0 Å². The first kappa shape index (κ1) is 21.2. The average molecular weight is 457 g/mol. The summed E-state index contributed by atoms with van der Waals surface area (Å²) in [6.45, 7) is 0.285. The van der Waals surface area contributed by atoms with Gasteiger partial charge < -0.3 is 14.8 Å². The van der Waals surface area contributed by atoms with Crippen molar-refractivity contribution >= 4 is 31.9 Å². The van der Waals surface area contributed by atoms with Crippen molar-refractivity contribution in [2.45, 2.75) is 17.9 Å². The van der Waals surface area contributed by atoms with E-state index in [0.717, 1.165) is 5.56 Å². The minimum Gasteiger partial charge on any atom is -0.497 e. The fourth-order valence-electron chi connectivity index (χ4n) is 2.27. The normalized spacial score (nSPS) is 11.1. The maximum absolute atomic E-state index is 12.2. The molecule has 0 fully saturated rings. The highest BCUT2D eigenvalue weighted by Crippen LogP contribution is 2.22. The lowest BCUT2D eigenvalue weighted by molar-refractivity contribution is -0.121. The lowest BCUT2D eigenvalue weighted by Gasteiger charge is -2.10. The third-order valence-electron chi connectivity index (χ3n) is 3.65. The molecule has 1 amide bonds. The Morgan fingerprint density at radius 1 is 1.07 bits per heavy atom. The number of amides is 1. The number of nitrogens with one attached hydrogen (secondary N) is 2. The van der Waals surface area contributed by atoms with Gasteiger partial charge in [-0.3, -0.25) is 4.79 Å². The number of ether oxygens (including phenoxy) is 2. The van der Waals surface area contributed by atoms with Gasteiger partial charge >= 0.3 is 0 Å². The zero-order valence-corrected chi connectivity index (χ0v) is 17.4. The molecule has 2 rings (SSSR count). The average Bonchev–Trinajstić information content (AvgIpc) is 2.66. The van der Waals surface area contributed by atoms with E-state index in [1.54, 1.807) is 44.6 Å². The van der Waals surface area contributed by atoms with E-state index < -0.39 is 10.0 Å². The molecular formula is C18H21BrN2O5S. The summed E-state index contributed by atoms with van der Waals surface area (Å²) in [5.41, 5.74) is 0.814. The number of hydrogen-bond acceptors (Lipinski definition) is 5. The van der Waals surface area contributed by atoms with E-state index in [-0.39, 0.29) is 30.3 Å². The van der Waals surface area contributed by atoms with E-state index in [0.29, 0.717) is 16.0 Å². The van der Waals surface area contributed by atoms with Crippen LogP contribution < -0.4 is 19.5 Å². The summed E-state index contributed by atoms with van der Waals surface area (Å²) in [6.07, 6.45) is 0.0222. The molecule has 0 spiro atoms. The molecule has 2 N–H and O–H groups in total. The Labute approximate surface area is 167 Å². The largest absolute Gasteiger partial charge is 0.497 e. The fraction of sp³-hybridized carbons (Fsp3) is 0.278. The van der Waals surface area contributed by atoms with Crippen molar-refractivity contribution < 1.29 is 22.7 Å². The second-order valence-corrected chi connectivity index (χ2v) is 8.29. The van der Waals surface area contributed by atoms with Crippen LogP contribution in [0.1, 0.15) is 12.0 Å². The highest BCUT2D eigenvalue weighted by Gasteiger charge is 2.14. The van der Waals surface area contributed by atoms with Gasteiger partial charge in [-0.15, -0.1) is 0 Å². The van der Waals surface area contributed by atoms with Crippen LogP contribution in [0.2, 0.25) is 0 Å². The van der Waals surface area contributed by atoms with Gasteiger partial charge in [-0.1, -0.05) is 22.0 Å². The SMILES string of the molecule is COc1cc(CNC(=O)CCNS(=O)(=O)c2cccc(Br)c2)cc(OC)c1. The van der Waals surface area contributed by atoms with Crippen LogP contribution in [0, 0.1) is 0 Å². The lowest BCUT2D eigenvalue weighted by atomic mass is 10.2. The summed E-state index contributed by atoms with van der Waals surface area (Å²) < 4.78 is 37.8. The fourth-order valence-corrected chi connectivity index (χ4v) is 3.90. The molecule has 146 valence electrons. The van der Waals surface area contributed by atoms with E-state index in [2.05, 4.69) is 26.0 Å². The van der Waals surface area contributed by atoms with Crippen LogP contribution >= 0.6 is 15.9 Å². The molecule has 7 nitrogen and oxygen atoms in total. The molecule has 0 radical (unpaired) electrons. The molecule has 0 unspecified atom stereocenters. The van der Waals surface area contributed by atoms with Crippen LogP contribution in [-0.4, -0.2) is 35.1 Å². The van der Waals surface area contributed by atoms with Crippen molar-refractivity contribution in [3.05, 3.63) is 52.5 Å². The Hall–Kier alpha value is -2.10. The van der Waals surface area contributed by atoms with Gasteiger partial charge in [-0.25, -0.2) is 13.1 Å². The van der Waals surface area contributed by atoms with Crippen LogP contribution in [-0.2, 0) is 21.4 Å². The summed E-state index contributed by atoms with van der Waals surface area (Å²) in [4.78, 5) is 12.1. The van der Waals surface area contributed by atoms with Gasteiger partial charge in [0, 0.05) is 30.0 Å². The van der Waals surface area contributed by atoms with Crippen molar-refractivity contribution in [1.29, 1.82) is 0 Å². The molecule has 0 aromatic heterocycles. The van der Waals surface area contributed by atoms with Crippen LogP contribution in [0.3, 0.4) is 0 Å². The summed E-state index contributed by atoms with van der Waals surface area (Å²) >= 11 is 3.23. The Bertz CT molecular complexity index is 880. The zero-order chi connectivity index (χ0) is 19.9. The first-order valence-corrected chi connectivity index (χ1v) is 10.4. The zero-order valence-electron chi connectivity index (χ0n) is 15.0. The van der Waals surface area contributed by atoms with Gasteiger partial charge in [0.15, 0.2) is 0 Å². The molecule has 0 heterocycles. The molecule has 0 aliphatic heterocycles. The number of methoxy groups -OCH3 is 2. The smallest absolute Gasteiger partial charge is 0.240 e. The van der Waals surface area contributed by atoms with Crippen molar-refractivity contribution in [3.8, 4) is 11.5 Å². The highest BCUT2D eigenvalue weighted by molar-refractivity contribution is 9.10. The lowest BCUT2D eigenvalue weighted by Crippen LogP contribution is -2.30. The second-order valence-electron chi connectivity index (χ2n) is 5.60. The second kappa shape index (κ2) is 9.72. The van der Waals surface area contributed by atoms with E-state index in [1.165, 1.54) is 12.1 Å². The van der Waals surface area contributed by atoms with Gasteiger partial charge in [0.25, 0.3) is 0 Å². The Kier molecular flexibility index (Phi) is 7.64. The van der Waals surface area contributed by atoms with Crippen LogP contribution in [0.5, 0.6) is 11.5 Å². The number of hydrogen-bond donors (Lipinski definition) is 2. The van der Waals surface area contributed by atoms with Gasteiger partial charge in [0.2, 0.25) is 15.9 Å². The first-order valence-electron chi connectivity index (χ1n) is 8.08. The number of rotatable bonds is 9. The highest BCUT2D eigenvalue weighted by atomic mass is 79.9. The van der Waals surface area contributed by atoms with Crippen molar-refractivity contribution in [2.75, 3.05) is 20.8 Å². The third kappa shape index (κ3) is 6.53. The van der Waals surface area contributed by atoms with E-state index in [9.17, 15) is 13.2 Å². The quantitative estimate of drug-likeness (QED) is 0.604. The Morgan fingerprint density at radius 2 is 1.74 bits per heavy atom. The van der Waals surface area contributed by atoms with Crippen molar-refractivity contribution in [3.63, 3.8) is 0 Å². The van der Waals surface area contributed by atoms with Gasteiger partial charge in [0.1, 0.15) is 11.5 Å². The molecule has 0 saturated heterocycles. The molecule has 2 aromatic carbocycles. The minimum absolute atomic E-state index is 0.00210.